The Morgan fingerprint density at radius 1 is 1.24 bits per heavy atom. The highest BCUT2D eigenvalue weighted by Gasteiger charge is 2.29. The third-order valence-corrected chi connectivity index (χ3v) is 5.51. The van der Waals surface area contributed by atoms with Gasteiger partial charge in [-0.1, -0.05) is 12.1 Å². The summed E-state index contributed by atoms with van der Waals surface area (Å²) in [6.45, 7) is -0.0815. The average molecular weight is 368 g/mol. The van der Waals surface area contributed by atoms with Crippen LogP contribution in [0, 0.1) is 0 Å². The summed E-state index contributed by atoms with van der Waals surface area (Å²) in [5.74, 6) is -1.74. The Bertz CT molecular complexity index is 791. The number of nitrogens with one attached hydrogen (secondary N) is 3. The summed E-state index contributed by atoms with van der Waals surface area (Å²) in [7, 11) is -0.613. The van der Waals surface area contributed by atoms with Crippen molar-refractivity contribution in [1.29, 1.82) is 0 Å². The third kappa shape index (κ3) is 4.77. The zero-order valence-electron chi connectivity index (χ0n) is 13.9. The molecule has 1 atom stereocenters. The van der Waals surface area contributed by atoms with Crippen molar-refractivity contribution in [2.75, 3.05) is 31.7 Å². The predicted molar refractivity (Wildman–Crippen MR) is 91.4 cm³/mol. The van der Waals surface area contributed by atoms with Crippen LogP contribution < -0.4 is 16.0 Å². The number of hydrogen-bond acceptors (Lipinski definition) is 5. The van der Waals surface area contributed by atoms with E-state index < -0.39 is 33.8 Å². The van der Waals surface area contributed by atoms with Gasteiger partial charge in [-0.3, -0.25) is 14.4 Å². The van der Waals surface area contributed by atoms with Gasteiger partial charge in [0.1, 0.15) is 6.04 Å². The Kier molecular flexibility index (Phi) is 5.75. The van der Waals surface area contributed by atoms with E-state index in [1.165, 1.54) is 14.1 Å². The molecule has 1 aliphatic heterocycles. The van der Waals surface area contributed by atoms with Crippen LogP contribution in [-0.4, -0.2) is 62.9 Å². The molecule has 0 fully saturated rings. The predicted octanol–water partition coefficient (Wildman–Crippen LogP) is -0.865. The number of benzene rings is 1. The molecule has 1 aliphatic rings. The molecular formula is C15H20N4O5S. The van der Waals surface area contributed by atoms with Crippen molar-refractivity contribution in [2.45, 2.75) is 12.5 Å². The number of amides is 3. The molecule has 0 aromatic heterocycles. The molecule has 10 heteroatoms. The highest BCUT2D eigenvalue weighted by atomic mass is 32.2. The lowest BCUT2D eigenvalue weighted by Gasteiger charge is -2.15. The Morgan fingerprint density at radius 2 is 1.92 bits per heavy atom. The Balaban J connectivity index is 1.93. The topological polar surface area (TPSA) is 125 Å². The zero-order chi connectivity index (χ0) is 18.6. The van der Waals surface area contributed by atoms with Gasteiger partial charge in [0.05, 0.1) is 23.4 Å². The van der Waals surface area contributed by atoms with E-state index in [0.29, 0.717) is 11.3 Å². The molecule has 0 unspecified atom stereocenters. The molecule has 1 heterocycles. The van der Waals surface area contributed by atoms with Crippen LogP contribution in [0.25, 0.3) is 0 Å². The largest absolute Gasteiger partial charge is 0.355 e. The Hall–Kier alpha value is -2.46. The van der Waals surface area contributed by atoms with E-state index in [2.05, 4.69) is 16.0 Å². The average Bonchev–Trinajstić information content (AvgIpc) is 2.64. The van der Waals surface area contributed by atoms with Crippen molar-refractivity contribution in [3.05, 3.63) is 29.8 Å². The van der Waals surface area contributed by atoms with Crippen molar-refractivity contribution in [3.63, 3.8) is 0 Å². The van der Waals surface area contributed by atoms with Crippen LogP contribution in [0.4, 0.5) is 5.69 Å². The maximum atomic E-state index is 12.2. The first-order valence-corrected chi connectivity index (χ1v) is 9.19. The monoisotopic (exact) mass is 368 g/mol. The van der Waals surface area contributed by atoms with Crippen LogP contribution >= 0.6 is 0 Å². The summed E-state index contributed by atoms with van der Waals surface area (Å²) in [5, 5.41) is 7.54. The standard InChI is InChI=1S/C15H20N4O5S/c1-19(2)25(23,24)8-7-16-13(20)9-12-15(22)17-11-6-4-3-5-10(11)14(21)18-12/h3-6,12H,7-9H2,1-2H3,(H,16,20)(H,17,22)(H,18,21)/t12-/m0/s1. The smallest absolute Gasteiger partial charge is 0.254 e. The minimum absolute atomic E-state index is 0.0815. The number of hydrogen-bond donors (Lipinski definition) is 3. The normalized spacial score (nSPS) is 17.3. The van der Waals surface area contributed by atoms with E-state index in [4.69, 9.17) is 0 Å². The van der Waals surface area contributed by atoms with E-state index in [1.807, 2.05) is 0 Å². The second-order valence-corrected chi connectivity index (χ2v) is 8.02. The van der Waals surface area contributed by atoms with Crippen molar-refractivity contribution in [3.8, 4) is 0 Å². The summed E-state index contributed by atoms with van der Waals surface area (Å²) in [5.41, 5.74) is 0.695. The number of carbonyl (C=O) groups excluding carboxylic acids is 3. The van der Waals surface area contributed by atoms with Gasteiger partial charge in [0.2, 0.25) is 21.8 Å². The molecular weight excluding hydrogens is 348 g/mol. The van der Waals surface area contributed by atoms with Crippen LogP contribution in [0.2, 0.25) is 0 Å². The second-order valence-electron chi connectivity index (χ2n) is 5.71. The van der Waals surface area contributed by atoms with E-state index in [9.17, 15) is 22.8 Å². The van der Waals surface area contributed by atoms with Crippen LogP contribution in [0.5, 0.6) is 0 Å². The van der Waals surface area contributed by atoms with Crippen molar-refractivity contribution in [1.82, 2.24) is 14.9 Å². The summed E-state index contributed by atoms with van der Waals surface area (Å²) >= 11 is 0. The van der Waals surface area contributed by atoms with Gasteiger partial charge in [-0.2, -0.15) is 0 Å². The minimum Gasteiger partial charge on any atom is -0.355 e. The van der Waals surface area contributed by atoms with Crippen molar-refractivity contribution < 1.29 is 22.8 Å². The fraction of sp³-hybridized carbons (Fsp3) is 0.400. The quantitative estimate of drug-likeness (QED) is 0.602. The summed E-state index contributed by atoms with van der Waals surface area (Å²) in [6.07, 6.45) is -0.284. The van der Waals surface area contributed by atoms with Gasteiger partial charge < -0.3 is 16.0 Å². The first-order valence-electron chi connectivity index (χ1n) is 7.58. The molecule has 3 amide bonds. The number of anilines is 1. The number of sulfonamides is 1. The molecule has 1 aromatic rings. The lowest BCUT2D eigenvalue weighted by molar-refractivity contribution is -0.125. The van der Waals surface area contributed by atoms with Crippen LogP contribution in [0.1, 0.15) is 16.8 Å². The SMILES string of the molecule is CN(C)S(=O)(=O)CCNC(=O)C[C@@H]1NC(=O)c2ccccc2NC1=O. The lowest BCUT2D eigenvalue weighted by atomic mass is 10.1. The number of fused-ring (bicyclic) bond motifs is 1. The van der Waals surface area contributed by atoms with Gasteiger partial charge in [-0.25, -0.2) is 12.7 Å². The molecule has 25 heavy (non-hydrogen) atoms. The van der Waals surface area contributed by atoms with Crippen molar-refractivity contribution in [2.24, 2.45) is 0 Å². The fourth-order valence-corrected chi connectivity index (χ4v) is 2.94. The van der Waals surface area contributed by atoms with Gasteiger partial charge in [-0.15, -0.1) is 0 Å². The maximum absolute atomic E-state index is 12.2. The van der Waals surface area contributed by atoms with Crippen LogP contribution in [0.15, 0.2) is 24.3 Å². The van der Waals surface area contributed by atoms with Gasteiger partial charge in [0.25, 0.3) is 5.91 Å². The maximum Gasteiger partial charge on any atom is 0.254 e. The molecule has 0 radical (unpaired) electrons. The number of carbonyl (C=O) groups is 3. The van der Waals surface area contributed by atoms with E-state index in [0.717, 1.165) is 4.31 Å². The van der Waals surface area contributed by atoms with Gasteiger partial charge in [0, 0.05) is 20.6 Å². The molecule has 0 aliphatic carbocycles. The molecule has 0 saturated heterocycles. The molecule has 0 spiro atoms. The second kappa shape index (κ2) is 7.62. The highest BCUT2D eigenvalue weighted by Crippen LogP contribution is 2.18. The lowest BCUT2D eigenvalue weighted by Crippen LogP contribution is -2.45. The molecule has 136 valence electrons. The zero-order valence-corrected chi connectivity index (χ0v) is 14.7. The number of para-hydroxylation sites is 1. The number of nitrogens with zero attached hydrogens (tertiary/aromatic N) is 1. The Labute approximate surface area is 145 Å². The molecule has 9 nitrogen and oxygen atoms in total. The van der Waals surface area contributed by atoms with E-state index in [1.54, 1.807) is 24.3 Å². The van der Waals surface area contributed by atoms with Gasteiger partial charge in [-0.05, 0) is 12.1 Å². The fourth-order valence-electron chi connectivity index (χ4n) is 2.21. The molecule has 3 N–H and O–H groups in total. The third-order valence-electron chi connectivity index (χ3n) is 3.68. The van der Waals surface area contributed by atoms with E-state index in [-0.39, 0.29) is 18.7 Å². The summed E-state index contributed by atoms with van der Waals surface area (Å²) < 4.78 is 24.3. The van der Waals surface area contributed by atoms with E-state index >= 15 is 0 Å². The van der Waals surface area contributed by atoms with Gasteiger partial charge >= 0.3 is 0 Å². The summed E-state index contributed by atoms with van der Waals surface area (Å²) in [4.78, 5) is 36.3. The minimum atomic E-state index is -3.42. The highest BCUT2D eigenvalue weighted by molar-refractivity contribution is 7.89. The first-order chi connectivity index (χ1) is 11.7. The Morgan fingerprint density at radius 3 is 2.60 bits per heavy atom. The molecule has 1 aromatic carbocycles. The molecule has 2 rings (SSSR count). The summed E-state index contributed by atoms with van der Waals surface area (Å²) in [6, 6.07) is 5.49. The van der Waals surface area contributed by atoms with Crippen LogP contribution in [-0.2, 0) is 19.6 Å². The number of rotatable bonds is 6. The van der Waals surface area contributed by atoms with Crippen molar-refractivity contribution >= 4 is 33.4 Å². The molecule has 0 bridgehead atoms. The first kappa shape index (κ1) is 18.9. The van der Waals surface area contributed by atoms with Crippen LogP contribution in [0.3, 0.4) is 0 Å². The molecule has 0 saturated carbocycles. The van der Waals surface area contributed by atoms with Gasteiger partial charge in [0.15, 0.2) is 0 Å².